The first kappa shape index (κ1) is 17.5. The standard InChI is InChI=1S/C15H24N2O3S/c1-11-7-8-13(9-12(11)2)17(21(6,19)20)10-14(18)16-15(3,4)5/h7-9H,10H2,1-6H3,(H,16,18). The zero-order valence-electron chi connectivity index (χ0n) is 13.5. The summed E-state index contributed by atoms with van der Waals surface area (Å²) >= 11 is 0. The summed E-state index contributed by atoms with van der Waals surface area (Å²) in [6, 6.07) is 5.35. The van der Waals surface area contributed by atoms with Gasteiger partial charge in [-0.25, -0.2) is 8.42 Å². The number of hydrogen-bond donors (Lipinski definition) is 1. The Balaban J connectivity index is 3.08. The molecule has 0 aliphatic rings. The minimum Gasteiger partial charge on any atom is -0.350 e. The Hall–Kier alpha value is -1.56. The van der Waals surface area contributed by atoms with Gasteiger partial charge in [0.05, 0.1) is 11.9 Å². The molecule has 0 atom stereocenters. The Bertz CT molecular complexity index is 631. The highest BCUT2D eigenvalue weighted by molar-refractivity contribution is 7.92. The molecule has 0 heterocycles. The molecule has 0 fully saturated rings. The lowest BCUT2D eigenvalue weighted by Crippen LogP contribution is -2.47. The molecule has 5 nitrogen and oxygen atoms in total. The van der Waals surface area contributed by atoms with Gasteiger partial charge in [-0.2, -0.15) is 0 Å². The van der Waals surface area contributed by atoms with Gasteiger partial charge in [-0.1, -0.05) is 6.07 Å². The zero-order chi connectivity index (χ0) is 16.4. The summed E-state index contributed by atoms with van der Waals surface area (Å²) in [7, 11) is -3.53. The number of sulfonamides is 1. The highest BCUT2D eigenvalue weighted by atomic mass is 32.2. The molecule has 6 heteroatoms. The molecular formula is C15H24N2O3S. The number of anilines is 1. The van der Waals surface area contributed by atoms with Gasteiger partial charge in [0, 0.05) is 5.54 Å². The molecule has 0 bridgehead atoms. The number of amides is 1. The highest BCUT2D eigenvalue weighted by Crippen LogP contribution is 2.21. The number of nitrogens with one attached hydrogen (secondary N) is 1. The molecule has 1 rings (SSSR count). The van der Waals surface area contributed by atoms with Crippen molar-refractivity contribution in [1.82, 2.24) is 5.32 Å². The summed E-state index contributed by atoms with van der Waals surface area (Å²) < 4.78 is 25.1. The van der Waals surface area contributed by atoms with Crippen LogP contribution in [0.1, 0.15) is 31.9 Å². The number of rotatable bonds is 4. The predicted octanol–water partition coefficient (Wildman–Crippen LogP) is 1.98. The largest absolute Gasteiger partial charge is 0.350 e. The number of carbonyl (C=O) groups is 1. The lowest BCUT2D eigenvalue weighted by Gasteiger charge is -2.26. The lowest BCUT2D eigenvalue weighted by molar-refractivity contribution is -0.121. The van der Waals surface area contributed by atoms with Gasteiger partial charge in [0.15, 0.2) is 0 Å². The molecule has 0 saturated heterocycles. The van der Waals surface area contributed by atoms with Crippen LogP contribution in [-0.2, 0) is 14.8 Å². The maximum Gasteiger partial charge on any atom is 0.241 e. The van der Waals surface area contributed by atoms with E-state index in [9.17, 15) is 13.2 Å². The zero-order valence-corrected chi connectivity index (χ0v) is 14.3. The Morgan fingerprint density at radius 2 is 1.76 bits per heavy atom. The number of nitrogens with zero attached hydrogens (tertiary/aromatic N) is 1. The fraction of sp³-hybridized carbons (Fsp3) is 0.533. The SMILES string of the molecule is Cc1ccc(N(CC(=O)NC(C)(C)C)S(C)(=O)=O)cc1C. The Morgan fingerprint density at radius 1 is 1.19 bits per heavy atom. The molecule has 0 radical (unpaired) electrons. The first-order chi connectivity index (χ1) is 9.40. The van der Waals surface area contributed by atoms with E-state index in [2.05, 4.69) is 5.32 Å². The average Bonchev–Trinajstić information content (AvgIpc) is 2.26. The maximum absolute atomic E-state index is 12.0. The molecule has 0 spiro atoms. The quantitative estimate of drug-likeness (QED) is 0.924. The smallest absolute Gasteiger partial charge is 0.241 e. The first-order valence-corrected chi connectivity index (χ1v) is 8.61. The van der Waals surface area contributed by atoms with Gasteiger partial charge in [0.25, 0.3) is 0 Å². The lowest BCUT2D eigenvalue weighted by atomic mass is 10.1. The van der Waals surface area contributed by atoms with Crippen molar-refractivity contribution in [3.05, 3.63) is 29.3 Å². The van der Waals surface area contributed by atoms with Crippen molar-refractivity contribution in [2.75, 3.05) is 17.1 Å². The third-order valence-electron chi connectivity index (χ3n) is 2.98. The van der Waals surface area contributed by atoms with Crippen LogP contribution in [0.4, 0.5) is 5.69 Å². The van der Waals surface area contributed by atoms with E-state index in [0.29, 0.717) is 5.69 Å². The molecule has 0 unspecified atom stereocenters. The molecule has 1 aromatic rings. The minimum absolute atomic E-state index is 0.224. The van der Waals surface area contributed by atoms with Crippen molar-refractivity contribution < 1.29 is 13.2 Å². The Kier molecular flexibility index (Phi) is 5.04. The summed E-state index contributed by atoms with van der Waals surface area (Å²) in [6.45, 7) is 9.20. The minimum atomic E-state index is -3.53. The monoisotopic (exact) mass is 312 g/mol. The van der Waals surface area contributed by atoms with Crippen LogP contribution in [0.15, 0.2) is 18.2 Å². The van der Waals surface area contributed by atoms with E-state index in [-0.39, 0.29) is 12.5 Å². The van der Waals surface area contributed by atoms with Crippen molar-refractivity contribution in [1.29, 1.82) is 0 Å². The van der Waals surface area contributed by atoms with Crippen molar-refractivity contribution in [3.8, 4) is 0 Å². The van der Waals surface area contributed by atoms with Gasteiger partial charge >= 0.3 is 0 Å². The maximum atomic E-state index is 12.0. The van der Waals surface area contributed by atoms with Crippen molar-refractivity contribution in [2.24, 2.45) is 0 Å². The third kappa shape index (κ3) is 5.38. The Morgan fingerprint density at radius 3 is 2.19 bits per heavy atom. The fourth-order valence-corrected chi connectivity index (χ4v) is 2.72. The van der Waals surface area contributed by atoms with E-state index in [1.165, 1.54) is 0 Å². The van der Waals surface area contributed by atoms with E-state index < -0.39 is 15.6 Å². The number of carbonyl (C=O) groups excluding carboxylic acids is 1. The van der Waals surface area contributed by atoms with Crippen LogP contribution in [0.2, 0.25) is 0 Å². The number of aryl methyl sites for hydroxylation is 2. The van der Waals surface area contributed by atoms with Crippen LogP contribution >= 0.6 is 0 Å². The molecule has 0 aliphatic heterocycles. The van der Waals surface area contributed by atoms with Crippen LogP contribution in [0.5, 0.6) is 0 Å². The topological polar surface area (TPSA) is 66.5 Å². The average molecular weight is 312 g/mol. The molecule has 1 amide bonds. The summed E-state index contributed by atoms with van der Waals surface area (Å²) in [6.07, 6.45) is 1.10. The predicted molar refractivity (Wildman–Crippen MR) is 86.0 cm³/mol. The van der Waals surface area contributed by atoms with E-state index >= 15 is 0 Å². The van der Waals surface area contributed by atoms with Gasteiger partial charge in [-0.05, 0) is 57.9 Å². The van der Waals surface area contributed by atoms with Gasteiger partial charge in [0.1, 0.15) is 6.54 Å². The molecule has 0 saturated carbocycles. The second kappa shape index (κ2) is 6.05. The molecule has 21 heavy (non-hydrogen) atoms. The van der Waals surface area contributed by atoms with Gasteiger partial charge in [0.2, 0.25) is 15.9 Å². The Labute approximate surface area is 127 Å². The summed E-state index contributed by atoms with van der Waals surface area (Å²) in [5, 5.41) is 2.77. The van der Waals surface area contributed by atoms with Crippen LogP contribution in [0, 0.1) is 13.8 Å². The molecule has 0 aromatic heterocycles. The molecular weight excluding hydrogens is 288 g/mol. The van der Waals surface area contributed by atoms with Crippen molar-refractivity contribution in [3.63, 3.8) is 0 Å². The van der Waals surface area contributed by atoms with Crippen LogP contribution in [0.3, 0.4) is 0 Å². The van der Waals surface area contributed by atoms with Gasteiger partial charge in [-0.15, -0.1) is 0 Å². The fourth-order valence-electron chi connectivity index (χ4n) is 1.87. The summed E-state index contributed by atoms with van der Waals surface area (Å²) in [5.74, 6) is -0.328. The number of hydrogen-bond acceptors (Lipinski definition) is 3. The molecule has 1 aromatic carbocycles. The molecule has 118 valence electrons. The van der Waals surface area contributed by atoms with Crippen molar-refractivity contribution >= 4 is 21.6 Å². The molecule has 1 N–H and O–H groups in total. The third-order valence-corrected chi connectivity index (χ3v) is 4.12. The highest BCUT2D eigenvalue weighted by Gasteiger charge is 2.23. The number of benzene rings is 1. The van der Waals surface area contributed by atoms with E-state index in [1.54, 1.807) is 12.1 Å². The summed E-state index contributed by atoms with van der Waals surface area (Å²) in [5.41, 5.74) is 2.16. The van der Waals surface area contributed by atoms with Gasteiger partial charge < -0.3 is 5.32 Å². The van der Waals surface area contributed by atoms with Crippen LogP contribution in [0.25, 0.3) is 0 Å². The normalized spacial score (nSPS) is 12.1. The summed E-state index contributed by atoms with van der Waals surface area (Å²) in [4.78, 5) is 12.0. The van der Waals surface area contributed by atoms with Gasteiger partial charge in [-0.3, -0.25) is 9.10 Å². The van der Waals surface area contributed by atoms with Crippen LogP contribution < -0.4 is 9.62 Å². The van der Waals surface area contributed by atoms with E-state index in [4.69, 9.17) is 0 Å². The molecule has 0 aliphatic carbocycles. The second-order valence-corrected chi connectivity index (χ2v) is 8.24. The van der Waals surface area contributed by atoms with Crippen LogP contribution in [-0.4, -0.2) is 32.7 Å². The van der Waals surface area contributed by atoms with E-state index in [1.807, 2.05) is 40.7 Å². The van der Waals surface area contributed by atoms with E-state index in [0.717, 1.165) is 21.7 Å². The second-order valence-electron chi connectivity index (χ2n) is 6.34. The first-order valence-electron chi connectivity index (χ1n) is 6.76. The van der Waals surface area contributed by atoms with Crippen molar-refractivity contribution in [2.45, 2.75) is 40.2 Å².